The predicted octanol–water partition coefficient (Wildman–Crippen LogP) is 3.38. The highest BCUT2D eigenvalue weighted by molar-refractivity contribution is 7.16. The normalized spacial score (nSPS) is 10.6. The fourth-order valence-electron chi connectivity index (χ4n) is 2.15. The number of nitro groups is 1. The number of aryl methyl sites for hydroxylation is 1. The van der Waals surface area contributed by atoms with E-state index >= 15 is 0 Å². The maximum Gasteiger partial charge on any atom is 0.341 e. The van der Waals surface area contributed by atoms with Gasteiger partial charge in [0.1, 0.15) is 5.00 Å². The summed E-state index contributed by atoms with van der Waals surface area (Å²) in [6, 6.07) is 7.52. The highest BCUT2D eigenvalue weighted by atomic mass is 32.1. The van der Waals surface area contributed by atoms with Crippen molar-refractivity contribution < 1.29 is 24.1 Å². The molecule has 0 atom stereocenters. The van der Waals surface area contributed by atoms with Gasteiger partial charge in [-0.1, -0.05) is 24.2 Å². The molecule has 0 spiro atoms. The molecule has 0 aliphatic carbocycles. The summed E-state index contributed by atoms with van der Waals surface area (Å²) in [5.41, 5.74) is 0.694. The molecule has 1 amide bonds. The molecule has 0 aliphatic heterocycles. The smallest absolute Gasteiger partial charge is 0.341 e. The zero-order valence-corrected chi connectivity index (χ0v) is 16.2. The number of nitro benzene ring substituents is 1. The number of non-ortho nitro benzene ring substituents is 1. The second-order valence-corrected chi connectivity index (χ2v) is 6.57. The molecule has 1 aromatic carbocycles. The van der Waals surface area contributed by atoms with Gasteiger partial charge >= 0.3 is 5.97 Å². The second-order valence-electron chi connectivity index (χ2n) is 5.44. The van der Waals surface area contributed by atoms with Crippen LogP contribution in [-0.2, 0) is 20.8 Å². The molecule has 148 valence electrons. The van der Waals surface area contributed by atoms with Crippen LogP contribution in [0.3, 0.4) is 0 Å². The molecule has 0 bridgehead atoms. The van der Waals surface area contributed by atoms with Crippen molar-refractivity contribution in [3.05, 3.63) is 56.5 Å². The lowest BCUT2D eigenvalue weighted by Gasteiger charge is -2.05. The number of amides is 1. The van der Waals surface area contributed by atoms with Crippen molar-refractivity contribution in [3.8, 4) is 0 Å². The first-order valence-electron chi connectivity index (χ1n) is 8.44. The van der Waals surface area contributed by atoms with E-state index in [0.717, 1.165) is 11.3 Å². The number of oxime groups is 1. The van der Waals surface area contributed by atoms with Crippen LogP contribution in [0.2, 0.25) is 0 Å². The minimum Gasteiger partial charge on any atom is -0.462 e. The average Bonchev–Trinajstić information content (AvgIpc) is 3.08. The predicted molar refractivity (Wildman–Crippen MR) is 105 cm³/mol. The molecule has 0 aliphatic rings. The zero-order valence-electron chi connectivity index (χ0n) is 15.3. The van der Waals surface area contributed by atoms with Gasteiger partial charge in [-0.15, -0.1) is 11.3 Å². The molecule has 2 rings (SSSR count). The lowest BCUT2D eigenvalue weighted by Crippen LogP contribution is -2.18. The van der Waals surface area contributed by atoms with E-state index in [1.807, 2.05) is 6.92 Å². The van der Waals surface area contributed by atoms with Crippen LogP contribution in [0.15, 0.2) is 35.5 Å². The number of carbonyl (C=O) groups excluding carboxylic acids is 2. The topological polar surface area (TPSA) is 120 Å². The Morgan fingerprint density at radius 1 is 1.32 bits per heavy atom. The Morgan fingerprint density at radius 2 is 2.11 bits per heavy atom. The maximum atomic E-state index is 12.1. The summed E-state index contributed by atoms with van der Waals surface area (Å²) in [6.07, 6.45) is 1.99. The molecular weight excluding hydrogens is 386 g/mol. The standard InChI is InChI=1S/C18H19N3O6S/c1-3-14-9-15(18(23)26-4-2)17(28-14)20-16(22)11-27-19-10-12-6-5-7-13(8-12)21(24)25/h5-10H,3-4,11H2,1-2H3,(H,20,22)/b19-10+. The van der Waals surface area contributed by atoms with E-state index in [1.165, 1.54) is 35.8 Å². The van der Waals surface area contributed by atoms with Crippen LogP contribution in [0.4, 0.5) is 10.7 Å². The third-order valence-corrected chi connectivity index (χ3v) is 4.63. The molecule has 1 aromatic heterocycles. The third-order valence-electron chi connectivity index (χ3n) is 3.43. The largest absolute Gasteiger partial charge is 0.462 e. The summed E-state index contributed by atoms with van der Waals surface area (Å²) in [6.45, 7) is 3.50. The minimum atomic E-state index is -0.516. The van der Waals surface area contributed by atoms with Crippen molar-refractivity contribution in [2.24, 2.45) is 5.16 Å². The summed E-state index contributed by atoms with van der Waals surface area (Å²) in [4.78, 5) is 40.1. The molecule has 0 radical (unpaired) electrons. The first kappa shape index (κ1) is 21.0. The van der Waals surface area contributed by atoms with Gasteiger partial charge in [-0.05, 0) is 19.4 Å². The lowest BCUT2D eigenvalue weighted by molar-refractivity contribution is -0.384. The summed E-state index contributed by atoms with van der Waals surface area (Å²) < 4.78 is 5.00. The van der Waals surface area contributed by atoms with E-state index in [9.17, 15) is 19.7 Å². The summed E-state index contributed by atoms with van der Waals surface area (Å²) >= 11 is 1.29. The first-order chi connectivity index (χ1) is 13.4. The van der Waals surface area contributed by atoms with Gasteiger partial charge in [0, 0.05) is 22.6 Å². The monoisotopic (exact) mass is 405 g/mol. The van der Waals surface area contributed by atoms with E-state index < -0.39 is 16.8 Å². The zero-order chi connectivity index (χ0) is 20.5. The summed E-state index contributed by atoms with van der Waals surface area (Å²) in [7, 11) is 0. The number of nitrogens with zero attached hydrogens (tertiary/aromatic N) is 2. The van der Waals surface area contributed by atoms with E-state index in [-0.39, 0.29) is 18.9 Å². The number of thiophene rings is 1. The Bertz CT molecular complexity index is 893. The van der Waals surface area contributed by atoms with Crippen LogP contribution in [0.1, 0.15) is 34.6 Å². The number of benzene rings is 1. The Balaban J connectivity index is 1.94. The molecular formula is C18H19N3O6S. The Kier molecular flexibility index (Phi) is 7.64. The minimum absolute atomic E-state index is 0.0717. The van der Waals surface area contributed by atoms with Crippen molar-refractivity contribution in [1.82, 2.24) is 0 Å². The highest BCUT2D eigenvalue weighted by Crippen LogP contribution is 2.29. The molecule has 2 aromatic rings. The number of esters is 1. The summed E-state index contributed by atoms with van der Waals surface area (Å²) in [5, 5.41) is 17.4. The van der Waals surface area contributed by atoms with E-state index in [0.29, 0.717) is 16.1 Å². The quantitative estimate of drug-likeness (QED) is 0.295. The molecule has 0 saturated heterocycles. The fourth-order valence-corrected chi connectivity index (χ4v) is 3.15. The van der Waals surface area contributed by atoms with Crippen molar-refractivity contribution in [1.29, 1.82) is 0 Å². The molecule has 0 unspecified atom stereocenters. The van der Waals surface area contributed by atoms with Crippen LogP contribution in [0.25, 0.3) is 0 Å². The van der Waals surface area contributed by atoms with Gasteiger partial charge in [-0.2, -0.15) is 0 Å². The fraction of sp³-hybridized carbons (Fsp3) is 0.278. The summed E-state index contributed by atoms with van der Waals surface area (Å²) in [5.74, 6) is -0.996. The average molecular weight is 405 g/mol. The molecule has 10 heteroatoms. The van der Waals surface area contributed by atoms with Crippen LogP contribution in [0.5, 0.6) is 0 Å². The SMILES string of the molecule is CCOC(=O)c1cc(CC)sc1NC(=O)CO/N=C/c1cccc([N+](=O)[O-])c1. The van der Waals surface area contributed by atoms with Crippen molar-refractivity contribution in [2.75, 3.05) is 18.5 Å². The maximum absolute atomic E-state index is 12.1. The first-order valence-corrected chi connectivity index (χ1v) is 9.25. The Labute approximate surface area is 165 Å². The van der Waals surface area contributed by atoms with Gasteiger partial charge in [0.25, 0.3) is 11.6 Å². The highest BCUT2D eigenvalue weighted by Gasteiger charge is 2.18. The van der Waals surface area contributed by atoms with Crippen molar-refractivity contribution in [2.45, 2.75) is 20.3 Å². The number of carbonyl (C=O) groups is 2. The van der Waals surface area contributed by atoms with Gasteiger partial charge in [0.2, 0.25) is 0 Å². The second kappa shape index (κ2) is 10.2. The van der Waals surface area contributed by atoms with E-state index in [2.05, 4.69) is 10.5 Å². The molecule has 9 nitrogen and oxygen atoms in total. The number of ether oxygens (including phenoxy) is 1. The van der Waals surface area contributed by atoms with Crippen LogP contribution in [0, 0.1) is 10.1 Å². The number of anilines is 1. The van der Waals surface area contributed by atoms with E-state index in [1.54, 1.807) is 19.1 Å². The van der Waals surface area contributed by atoms with Crippen LogP contribution in [-0.4, -0.2) is 36.2 Å². The number of hydrogen-bond donors (Lipinski definition) is 1. The van der Waals surface area contributed by atoms with Crippen LogP contribution < -0.4 is 5.32 Å². The van der Waals surface area contributed by atoms with Gasteiger partial charge in [0.15, 0.2) is 6.61 Å². The van der Waals surface area contributed by atoms with Gasteiger partial charge < -0.3 is 14.9 Å². The Morgan fingerprint density at radius 3 is 2.79 bits per heavy atom. The van der Waals surface area contributed by atoms with Gasteiger partial charge in [-0.3, -0.25) is 14.9 Å². The molecule has 1 heterocycles. The molecule has 0 saturated carbocycles. The number of hydrogen-bond acceptors (Lipinski definition) is 8. The van der Waals surface area contributed by atoms with E-state index in [4.69, 9.17) is 9.57 Å². The van der Waals surface area contributed by atoms with Crippen molar-refractivity contribution >= 4 is 40.1 Å². The van der Waals surface area contributed by atoms with Crippen molar-refractivity contribution in [3.63, 3.8) is 0 Å². The molecule has 0 fully saturated rings. The van der Waals surface area contributed by atoms with Gasteiger partial charge in [-0.25, -0.2) is 4.79 Å². The number of rotatable bonds is 9. The van der Waals surface area contributed by atoms with Gasteiger partial charge in [0.05, 0.1) is 23.3 Å². The van der Waals surface area contributed by atoms with Crippen LogP contribution >= 0.6 is 11.3 Å². The number of nitrogens with one attached hydrogen (secondary N) is 1. The molecule has 1 N–H and O–H groups in total. The Hall–Kier alpha value is -3.27. The lowest BCUT2D eigenvalue weighted by atomic mass is 10.2. The third kappa shape index (κ3) is 5.88. The molecule has 28 heavy (non-hydrogen) atoms.